The molecule has 274 valence electrons. The number of aliphatic hydroxyl groups is 1. The van der Waals surface area contributed by atoms with Gasteiger partial charge in [-0.15, -0.1) is 0 Å². The minimum atomic E-state index is -1.87. The van der Waals surface area contributed by atoms with Crippen molar-refractivity contribution < 1.29 is 57.5 Å². The quantitative estimate of drug-likeness (QED) is 0.128. The van der Waals surface area contributed by atoms with E-state index in [1.165, 1.54) is 60.7 Å². The molecule has 0 amide bonds. The van der Waals surface area contributed by atoms with Crippen LogP contribution in [0.4, 0.5) is 0 Å². The summed E-state index contributed by atoms with van der Waals surface area (Å²) in [6, 6.07) is 39.2. The molecule has 0 spiro atoms. The third kappa shape index (κ3) is 9.05. The SMILES string of the molecule is O=C(O[C@@H]1O[C@H]([C@@H](CO)OC(=O)c2ccccc2)[C@@H](OC(=O)c2ccccc2)[C@H](OC(=O)c2ccccc2)[C@@H]1OC(=O)c1ccccc1)c1ccccc1. The van der Waals surface area contributed by atoms with Crippen molar-refractivity contribution in [2.75, 3.05) is 6.61 Å². The Morgan fingerprint density at radius 3 is 1.13 bits per heavy atom. The minimum absolute atomic E-state index is 0.0776. The minimum Gasteiger partial charge on any atom is -0.453 e. The summed E-state index contributed by atoms with van der Waals surface area (Å²) in [7, 11) is 0. The average Bonchev–Trinajstić information content (AvgIpc) is 3.23. The lowest BCUT2D eigenvalue weighted by atomic mass is 9.94. The molecule has 0 radical (unpaired) electrons. The van der Waals surface area contributed by atoms with Gasteiger partial charge in [-0.3, -0.25) is 0 Å². The molecule has 1 saturated heterocycles. The topological polar surface area (TPSA) is 161 Å². The first-order valence-corrected chi connectivity index (χ1v) is 16.9. The van der Waals surface area contributed by atoms with E-state index in [0.29, 0.717) is 0 Å². The number of esters is 5. The number of ether oxygens (including phenoxy) is 6. The predicted molar refractivity (Wildman–Crippen MR) is 190 cm³/mol. The lowest BCUT2D eigenvalue weighted by Gasteiger charge is -2.45. The molecule has 5 aromatic carbocycles. The monoisotopic (exact) mass is 730 g/mol. The van der Waals surface area contributed by atoms with Gasteiger partial charge in [-0.25, -0.2) is 24.0 Å². The number of benzene rings is 5. The fraction of sp³-hybridized carbons (Fsp3) is 0.167. The van der Waals surface area contributed by atoms with Gasteiger partial charge >= 0.3 is 29.8 Å². The molecule has 0 unspecified atom stereocenters. The Hall–Kier alpha value is -6.63. The second-order valence-corrected chi connectivity index (χ2v) is 11.9. The molecular weight excluding hydrogens is 696 g/mol. The average molecular weight is 731 g/mol. The Morgan fingerprint density at radius 1 is 0.444 bits per heavy atom. The third-order valence-electron chi connectivity index (χ3n) is 8.34. The molecule has 0 bridgehead atoms. The van der Waals surface area contributed by atoms with Gasteiger partial charge in [0.05, 0.1) is 34.4 Å². The maximum Gasteiger partial charge on any atom is 0.340 e. The van der Waals surface area contributed by atoms with Crippen molar-refractivity contribution in [2.24, 2.45) is 0 Å². The smallest absolute Gasteiger partial charge is 0.340 e. The van der Waals surface area contributed by atoms with Gasteiger partial charge in [-0.2, -0.15) is 0 Å². The lowest BCUT2D eigenvalue weighted by Crippen LogP contribution is -2.65. The second-order valence-electron chi connectivity index (χ2n) is 11.9. The molecule has 1 fully saturated rings. The molecule has 0 saturated carbocycles. The van der Waals surface area contributed by atoms with Crippen molar-refractivity contribution in [3.8, 4) is 0 Å². The number of aliphatic hydroxyl groups excluding tert-OH is 1. The third-order valence-corrected chi connectivity index (χ3v) is 8.34. The van der Waals surface area contributed by atoms with Gasteiger partial charge in [0.2, 0.25) is 12.4 Å². The van der Waals surface area contributed by atoms with Crippen LogP contribution in [0, 0.1) is 0 Å². The van der Waals surface area contributed by atoms with E-state index >= 15 is 0 Å². The van der Waals surface area contributed by atoms with Gasteiger partial charge < -0.3 is 33.5 Å². The van der Waals surface area contributed by atoms with Crippen molar-refractivity contribution in [1.29, 1.82) is 0 Å². The second kappa shape index (κ2) is 17.7. The zero-order chi connectivity index (χ0) is 37.9. The first-order valence-electron chi connectivity index (χ1n) is 16.9. The van der Waals surface area contributed by atoms with Crippen molar-refractivity contribution in [3.05, 3.63) is 179 Å². The summed E-state index contributed by atoms with van der Waals surface area (Å²) in [5, 5.41) is 10.7. The number of hydrogen-bond donors (Lipinski definition) is 1. The normalized spacial score (nSPS) is 19.7. The molecule has 0 aliphatic carbocycles. The molecule has 1 aliphatic heterocycles. The zero-order valence-corrected chi connectivity index (χ0v) is 28.5. The Kier molecular flexibility index (Phi) is 12.2. The van der Waals surface area contributed by atoms with Gasteiger partial charge in [0, 0.05) is 0 Å². The summed E-state index contributed by atoms with van der Waals surface area (Å²) in [6.07, 6.45) is -10.5. The highest BCUT2D eigenvalue weighted by Gasteiger charge is 2.57. The first kappa shape index (κ1) is 37.1. The van der Waals surface area contributed by atoms with E-state index in [0.717, 1.165) is 0 Å². The van der Waals surface area contributed by atoms with Crippen LogP contribution in [0.1, 0.15) is 51.8 Å². The van der Waals surface area contributed by atoms with Gasteiger partial charge in [-0.05, 0) is 60.7 Å². The number of carbonyl (C=O) groups excluding carboxylic acids is 5. The highest BCUT2D eigenvalue weighted by atomic mass is 16.7. The van der Waals surface area contributed by atoms with E-state index in [1.54, 1.807) is 91.0 Å². The number of rotatable bonds is 12. The molecule has 1 aliphatic rings. The highest BCUT2D eigenvalue weighted by Crippen LogP contribution is 2.34. The van der Waals surface area contributed by atoms with Crippen molar-refractivity contribution in [2.45, 2.75) is 36.8 Å². The van der Waals surface area contributed by atoms with Gasteiger partial charge in [0.25, 0.3) is 0 Å². The van der Waals surface area contributed by atoms with E-state index in [1.807, 2.05) is 0 Å². The van der Waals surface area contributed by atoms with Crippen LogP contribution in [0.15, 0.2) is 152 Å². The number of hydrogen-bond acceptors (Lipinski definition) is 12. The summed E-state index contributed by atoms with van der Waals surface area (Å²) in [4.78, 5) is 68.1. The Balaban J connectivity index is 1.46. The van der Waals surface area contributed by atoms with E-state index in [9.17, 15) is 29.1 Å². The highest BCUT2D eigenvalue weighted by molar-refractivity contribution is 5.92. The van der Waals surface area contributed by atoms with Crippen LogP contribution in [-0.2, 0) is 28.4 Å². The largest absolute Gasteiger partial charge is 0.453 e. The van der Waals surface area contributed by atoms with Crippen LogP contribution in [0.25, 0.3) is 0 Å². The molecule has 0 aromatic heterocycles. The van der Waals surface area contributed by atoms with E-state index < -0.39 is 73.3 Å². The maximum atomic E-state index is 13.8. The van der Waals surface area contributed by atoms with Crippen LogP contribution >= 0.6 is 0 Å². The van der Waals surface area contributed by atoms with Gasteiger partial charge in [0.15, 0.2) is 18.3 Å². The van der Waals surface area contributed by atoms with Crippen molar-refractivity contribution >= 4 is 29.8 Å². The Morgan fingerprint density at radius 2 is 0.759 bits per heavy atom. The van der Waals surface area contributed by atoms with Crippen LogP contribution in [-0.4, -0.2) is 78.4 Å². The fourth-order valence-electron chi connectivity index (χ4n) is 5.66. The van der Waals surface area contributed by atoms with E-state index in [2.05, 4.69) is 0 Å². The van der Waals surface area contributed by atoms with Crippen LogP contribution in [0.3, 0.4) is 0 Å². The van der Waals surface area contributed by atoms with Crippen LogP contribution < -0.4 is 0 Å². The van der Waals surface area contributed by atoms with Crippen molar-refractivity contribution in [3.63, 3.8) is 0 Å². The molecule has 5 aromatic rings. The predicted octanol–water partition coefficient (Wildman–Crippen LogP) is 5.46. The Bertz CT molecular complexity index is 2030. The first-order chi connectivity index (χ1) is 26.3. The lowest BCUT2D eigenvalue weighted by molar-refractivity contribution is -0.294. The standard InChI is InChI=1S/C42H34O12/c43-26-32(49-37(44)27-16-6-1-7-17-27)33-34(50-38(45)28-18-8-2-9-19-28)35(51-39(46)29-20-10-3-11-21-29)36(52-40(47)30-22-12-4-13-23-30)42(53-33)54-41(48)31-24-14-5-15-25-31/h1-25,32-36,42-43H,26H2/t32-,33-,34-,35+,36+,42+/m1/s1. The molecule has 54 heavy (non-hydrogen) atoms. The number of carbonyl (C=O) groups is 5. The van der Waals surface area contributed by atoms with Gasteiger partial charge in [0.1, 0.15) is 6.10 Å². The van der Waals surface area contributed by atoms with Gasteiger partial charge in [-0.1, -0.05) is 91.0 Å². The zero-order valence-electron chi connectivity index (χ0n) is 28.5. The molecule has 6 rings (SSSR count). The van der Waals surface area contributed by atoms with E-state index in [4.69, 9.17) is 28.4 Å². The van der Waals surface area contributed by atoms with Crippen molar-refractivity contribution in [1.82, 2.24) is 0 Å². The summed E-state index contributed by atoms with van der Waals surface area (Å²) in [5.74, 6) is -4.58. The van der Waals surface area contributed by atoms with Crippen LogP contribution in [0.5, 0.6) is 0 Å². The summed E-state index contributed by atoms with van der Waals surface area (Å²) in [5.41, 5.74) is 0.466. The maximum absolute atomic E-state index is 13.8. The Labute approximate surface area is 309 Å². The molecule has 6 atom stereocenters. The molecule has 12 heteroatoms. The molecule has 1 N–H and O–H groups in total. The van der Waals surface area contributed by atoms with Crippen LogP contribution in [0.2, 0.25) is 0 Å². The summed E-state index contributed by atoms with van der Waals surface area (Å²) in [6.45, 7) is -0.893. The summed E-state index contributed by atoms with van der Waals surface area (Å²) >= 11 is 0. The molecule has 12 nitrogen and oxygen atoms in total. The molecule has 1 heterocycles. The summed E-state index contributed by atoms with van der Waals surface area (Å²) < 4.78 is 35.7. The molecular formula is C42H34O12. The van der Waals surface area contributed by atoms with E-state index in [-0.39, 0.29) is 27.8 Å². The fourth-order valence-corrected chi connectivity index (χ4v) is 5.66.